The number of likely N-dealkylation sites (tertiary alicyclic amines) is 1. The van der Waals surface area contributed by atoms with Crippen molar-refractivity contribution in [2.45, 2.75) is 52.1 Å². The number of imide groups is 3. The van der Waals surface area contributed by atoms with Crippen LogP contribution < -0.4 is 0 Å². The molecule has 3 amide bonds. The van der Waals surface area contributed by atoms with E-state index in [1.54, 1.807) is 12.1 Å². The summed E-state index contributed by atoms with van der Waals surface area (Å²) in [6.07, 6.45) is 4.78. The number of hydrogen-bond acceptors (Lipinski definition) is 6. The zero-order chi connectivity index (χ0) is 23.7. The van der Waals surface area contributed by atoms with Crippen LogP contribution in [0.25, 0.3) is 6.08 Å². The van der Waals surface area contributed by atoms with E-state index in [1.807, 2.05) is 25.1 Å². The van der Waals surface area contributed by atoms with Gasteiger partial charge in [0.25, 0.3) is 0 Å². The maximum absolute atomic E-state index is 13.1. The summed E-state index contributed by atoms with van der Waals surface area (Å²) in [5.41, 5.74) is 4.26. The van der Waals surface area contributed by atoms with Crippen LogP contribution in [0.5, 0.6) is 5.75 Å². The molecule has 33 heavy (non-hydrogen) atoms. The van der Waals surface area contributed by atoms with Gasteiger partial charge in [0.05, 0.1) is 31.7 Å². The second kappa shape index (κ2) is 9.51. The number of para-hydroxylation sites is 1. The van der Waals surface area contributed by atoms with E-state index < -0.39 is 29.7 Å². The van der Waals surface area contributed by atoms with Crippen molar-refractivity contribution < 1.29 is 29.0 Å². The largest absolute Gasteiger partial charge is 0.507 e. The summed E-state index contributed by atoms with van der Waals surface area (Å²) < 4.78 is 10.9. The number of methoxy groups -OCH3 is 1. The molecule has 2 aliphatic heterocycles. The van der Waals surface area contributed by atoms with Gasteiger partial charge >= 0.3 is 6.09 Å². The molecule has 0 bridgehead atoms. The summed E-state index contributed by atoms with van der Waals surface area (Å²) >= 11 is 0. The van der Waals surface area contributed by atoms with E-state index in [4.69, 9.17) is 4.74 Å². The lowest BCUT2D eigenvalue weighted by Crippen LogP contribution is -2.38. The van der Waals surface area contributed by atoms with E-state index in [-0.39, 0.29) is 17.8 Å². The second-order valence-corrected chi connectivity index (χ2v) is 9.14. The number of aromatic hydroxyl groups is 1. The van der Waals surface area contributed by atoms with Gasteiger partial charge in [-0.3, -0.25) is 9.59 Å². The number of amides is 3. The van der Waals surface area contributed by atoms with Crippen molar-refractivity contribution in [3.05, 3.63) is 46.5 Å². The van der Waals surface area contributed by atoms with Gasteiger partial charge in [-0.15, -0.1) is 0 Å². The van der Waals surface area contributed by atoms with Crippen molar-refractivity contribution in [1.29, 1.82) is 0 Å². The molecule has 2 heterocycles. The Hall–Kier alpha value is -2.93. The molecular weight excluding hydrogens is 422 g/mol. The van der Waals surface area contributed by atoms with E-state index in [1.165, 1.54) is 12.7 Å². The lowest BCUT2D eigenvalue weighted by Gasteiger charge is -2.31. The summed E-state index contributed by atoms with van der Waals surface area (Å²) in [7, 11) is 1.18. The molecule has 1 aromatic carbocycles. The van der Waals surface area contributed by atoms with Gasteiger partial charge in [0.15, 0.2) is 0 Å². The van der Waals surface area contributed by atoms with Crippen LogP contribution >= 0.6 is 0 Å². The third-order valence-corrected chi connectivity index (χ3v) is 7.06. The average Bonchev–Trinajstić information content (AvgIpc) is 3.33. The molecule has 2 saturated heterocycles. The van der Waals surface area contributed by atoms with Gasteiger partial charge in [0.1, 0.15) is 5.75 Å². The van der Waals surface area contributed by atoms with E-state index in [0.29, 0.717) is 17.9 Å². The molecule has 1 aromatic rings. The SMILES string of the molecule is CCCC1=C2[C@@H](CC/C(C)=C/c3ccccc3O)OC[C@@H]2[C@@H]2C(=O)N(C(=O)OC)C(=O)[C@@H]2C1. The Morgan fingerprint density at radius 3 is 2.70 bits per heavy atom. The second-order valence-electron chi connectivity index (χ2n) is 9.14. The van der Waals surface area contributed by atoms with Crippen LogP contribution in [-0.2, 0) is 19.1 Å². The molecular formula is C26H31NO6. The Morgan fingerprint density at radius 2 is 2.00 bits per heavy atom. The first-order chi connectivity index (χ1) is 15.9. The minimum atomic E-state index is -0.904. The first-order valence-corrected chi connectivity index (χ1v) is 11.6. The lowest BCUT2D eigenvalue weighted by molar-refractivity contribution is -0.137. The molecule has 0 saturated carbocycles. The fourth-order valence-electron chi connectivity index (χ4n) is 5.59. The number of carbonyl (C=O) groups is 3. The molecule has 1 aliphatic carbocycles. The van der Waals surface area contributed by atoms with Gasteiger partial charge in [0, 0.05) is 11.5 Å². The maximum atomic E-state index is 13.1. The number of hydrogen-bond donors (Lipinski definition) is 1. The number of benzene rings is 1. The average molecular weight is 454 g/mol. The van der Waals surface area contributed by atoms with Crippen LogP contribution in [0.3, 0.4) is 0 Å². The Kier molecular flexibility index (Phi) is 6.70. The van der Waals surface area contributed by atoms with Gasteiger partial charge in [-0.1, -0.05) is 48.8 Å². The summed E-state index contributed by atoms with van der Waals surface area (Å²) in [4.78, 5) is 38.7. The normalized spacial score (nSPS) is 27.1. The third-order valence-electron chi connectivity index (χ3n) is 7.06. The molecule has 176 valence electrons. The predicted molar refractivity (Wildman–Crippen MR) is 122 cm³/mol. The molecule has 0 spiro atoms. The quantitative estimate of drug-likeness (QED) is 0.505. The molecule has 4 atom stereocenters. The molecule has 7 nitrogen and oxygen atoms in total. The molecule has 3 aliphatic rings. The van der Waals surface area contributed by atoms with Crippen molar-refractivity contribution in [1.82, 2.24) is 4.90 Å². The number of nitrogens with zero attached hydrogens (tertiary/aromatic N) is 1. The van der Waals surface area contributed by atoms with E-state index >= 15 is 0 Å². The van der Waals surface area contributed by atoms with Crippen molar-refractivity contribution >= 4 is 24.0 Å². The first kappa shape index (κ1) is 23.2. The molecule has 0 radical (unpaired) electrons. The fraction of sp³-hybridized carbons (Fsp3) is 0.500. The highest BCUT2D eigenvalue weighted by molar-refractivity contribution is 6.16. The number of phenolic OH excluding ortho intramolecular Hbond substituents is 1. The third kappa shape index (κ3) is 4.22. The van der Waals surface area contributed by atoms with Gasteiger partial charge in [-0.05, 0) is 44.2 Å². The monoisotopic (exact) mass is 453 g/mol. The van der Waals surface area contributed by atoms with E-state index in [2.05, 4.69) is 11.7 Å². The number of rotatable bonds is 6. The van der Waals surface area contributed by atoms with Crippen LogP contribution in [0.15, 0.2) is 41.0 Å². The molecule has 4 rings (SSSR count). The minimum Gasteiger partial charge on any atom is -0.507 e. The Morgan fingerprint density at radius 1 is 1.24 bits per heavy atom. The number of phenols is 1. The van der Waals surface area contributed by atoms with Crippen LogP contribution in [0, 0.1) is 17.8 Å². The Labute approximate surface area is 194 Å². The van der Waals surface area contributed by atoms with Crippen molar-refractivity contribution in [3.63, 3.8) is 0 Å². The van der Waals surface area contributed by atoms with E-state index in [9.17, 15) is 19.5 Å². The highest BCUT2D eigenvalue weighted by Crippen LogP contribution is 2.50. The van der Waals surface area contributed by atoms with Crippen LogP contribution in [0.4, 0.5) is 4.79 Å². The Bertz CT molecular complexity index is 1030. The zero-order valence-corrected chi connectivity index (χ0v) is 19.4. The van der Waals surface area contributed by atoms with Crippen LogP contribution in [-0.4, -0.2) is 47.7 Å². The number of ether oxygens (including phenoxy) is 2. The summed E-state index contributed by atoms with van der Waals surface area (Å²) in [5.74, 6) is -1.92. The fourth-order valence-corrected chi connectivity index (χ4v) is 5.59. The van der Waals surface area contributed by atoms with Crippen molar-refractivity contribution in [2.75, 3.05) is 13.7 Å². The summed E-state index contributed by atoms with van der Waals surface area (Å²) in [6, 6.07) is 7.23. The smallest absolute Gasteiger partial charge is 0.423 e. The Balaban J connectivity index is 1.55. The highest BCUT2D eigenvalue weighted by Gasteiger charge is 2.58. The molecule has 2 fully saturated rings. The first-order valence-electron chi connectivity index (χ1n) is 11.6. The maximum Gasteiger partial charge on any atom is 0.423 e. The standard InChI is InChI=1S/C26H31NO6/c1-4-7-17-13-18-23(25(30)27(24(18)29)26(31)32-3)19-14-33-21(22(17)19)11-10-15(2)12-16-8-5-6-9-20(16)28/h5-6,8-9,12,18-19,21,23,28H,4,7,10-11,13-14H2,1-3H3/b15-12+/t18-,19+,21-,23-/m1/s1. The van der Waals surface area contributed by atoms with Crippen molar-refractivity contribution in [3.8, 4) is 5.75 Å². The predicted octanol–water partition coefficient (Wildman–Crippen LogP) is 4.46. The molecule has 0 aromatic heterocycles. The van der Waals surface area contributed by atoms with Gasteiger partial charge in [0.2, 0.25) is 11.8 Å². The molecule has 0 unspecified atom stereocenters. The topological polar surface area (TPSA) is 93.1 Å². The van der Waals surface area contributed by atoms with Crippen molar-refractivity contribution in [2.24, 2.45) is 17.8 Å². The van der Waals surface area contributed by atoms with Gasteiger partial charge < -0.3 is 14.6 Å². The molecule has 1 N–H and O–H groups in total. The zero-order valence-electron chi connectivity index (χ0n) is 19.4. The number of allylic oxidation sites excluding steroid dienone is 2. The lowest BCUT2D eigenvalue weighted by atomic mass is 9.68. The summed E-state index contributed by atoms with van der Waals surface area (Å²) in [5, 5.41) is 10.0. The minimum absolute atomic E-state index is 0.111. The van der Waals surface area contributed by atoms with Crippen LogP contribution in [0.2, 0.25) is 0 Å². The highest BCUT2D eigenvalue weighted by atomic mass is 16.5. The van der Waals surface area contributed by atoms with Crippen LogP contribution in [0.1, 0.15) is 51.5 Å². The van der Waals surface area contributed by atoms with Gasteiger partial charge in [-0.2, -0.15) is 4.90 Å². The number of fused-ring (bicyclic) bond motifs is 3. The number of carbonyl (C=O) groups excluding carboxylic acids is 3. The molecule has 7 heteroatoms. The summed E-state index contributed by atoms with van der Waals surface area (Å²) in [6.45, 7) is 4.51. The van der Waals surface area contributed by atoms with E-state index in [0.717, 1.165) is 42.4 Å². The van der Waals surface area contributed by atoms with Gasteiger partial charge in [-0.25, -0.2) is 4.79 Å².